The molecule has 0 spiro atoms. The fourth-order valence-electron chi connectivity index (χ4n) is 6.57. The van der Waals surface area contributed by atoms with E-state index in [9.17, 15) is 9.59 Å². The third-order valence-electron chi connectivity index (χ3n) is 7.46. The maximum absolute atomic E-state index is 12.9. The van der Waals surface area contributed by atoms with E-state index in [-0.39, 0.29) is 11.1 Å². The van der Waals surface area contributed by atoms with E-state index in [2.05, 4.69) is 10.3 Å². The van der Waals surface area contributed by atoms with Crippen LogP contribution in [0, 0.1) is 23.2 Å². The van der Waals surface area contributed by atoms with Gasteiger partial charge in [0, 0.05) is 51.2 Å². The Balaban J connectivity index is 1.27. The molecule has 1 heterocycles. The van der Waals surface area contributed by atoms with Gasteiger partial charge in [0.2, 0.25) is 0 Å². The number of nitrogens with zero attached hydrogens (tertiary/aromatic N) is 3. The summed E-state index contributed by atoms with van der Waals surface area (Å²) in [7, 11) is 0. The molecule has 0 radical (unpaired) electrons. The molecule has 166 valence electrons. The molecule has 0 saturated heterocycles. The highest BCUT2D eigenvalue weighted by molar-refractivity contribution is 8.13. The molecule has 4 aliphatic carbocycles. The summed E-state index contributed by atoms with van der Waals surface area (Å²) in [5, 5.41) is 3.22. The van der Waals surface area contributed by atoms with Crippen LogP contribution in [0.1, 0.15) is 58.3 Å². The molecule has 2 amide bonds. The van der Waals surface area contributed by atoms with Crippen molar-refractivity contribution >= 4 is 22.9 Å². The molecule has 0 unspecified atom stereocenters. The largest absolute Gasteiger partial charge is 0.338 e. The molecule has 6 nitrogen and oxygen atoms in total. The average Bonchev–Trinajstić information content (AvgIpc) is 3.20. The molecule has 4 fully saturated rings. The van der Waals surface area contributed by atoms with Crippen LogP contribution in [0.4, 0.5) is 4.79 Å². The number of aryl methyl sites for hydroxylation is 1. The monoisotopic (exact) mass is 432 g/mol. The first kappa shape index (κ1) is 21.7. The van der Waals surface area contributed by atoms with E-state index >= 15 is 0 Å². The summed E-state index contributed by atoms with van der Waals surface area (Å²) in [6.07, 6.45) is 16.0. The Morgan fingerprint density at radius 2 is 1.87 bits per heavy atom. The molecule has 7 heteroatoms. The number of hydrogen-bond donors (Lipinski definition) is 1. The van der Waals surface area contributed by atoms with Crippen LogP contribution in [0.2, 0.25) is 0 Å². The molecule has 5 rings (SSSR count). The van der Waals surface area contributed by atoms with E-state index in [0.29, 0.717) is 24.3 Å². The minimum atomic E-state index is 0.0227. The molecule has 4 bridgehead atoms. The lowest BCUT2D eigenvalue weighted by molar-refractivity contribution is -0.109. The quantitative estimate of drug-likeness (QED) is 0.564. The Morgan fingerprint density at radius 3 is 2.47 bits per heavy atom. The fraction of sp³-hybridized carbons (Fsp3) is 0.783. The highest BCUT2D eigenvalue weighted by Crippen LogP contribution is 2.61. The first-order valence-corrected chi connectivity index (χ1v) is 12.6. The highest BCUT2D eigenvalue weighted by Gasteiger charge is 2.50. The van der Waals surface area contributed by atoms with E-state index < -0.39 is 0 Å². The fourth-order valence-corrected chi connectivity index (χ4v) is 7.17. The first-order valence-electron chi connectivity index (χ1n) is 11.6. The summed E-state index contributed by atoms with van der Waals surface area (Å²) in [5.41, 5.74) is 0.475. The zero-order valence-electron chi connectivity index (χ0n) is 18.2. The number of hydrogen-bond acceptors (Lipinski definition) is 4. The lowest BCUT2D eigenvalue weighted by Gasteiger charge is -2.57. The van der Waals surface area contributed by atoms with Crippen LogP contribution in [-0.2, 0) is 11.3 Å². The Kier molecular flexibility index (Phi) is 7.06. The van der Waals surface area contributed by atoms with Crippen molar-refractivity contribution in [1.29, 1.82) is 0 Å². The number of aromatic nitrogens is 2. The van der Waals surface area contributed by atoms with Gasteiger partial charge in [0.05, 0.1) is 6.33 Å². The maximum Gasteiger partial charge on any atom is 0.317 e. The molecule has 0 aliphatic heterocycles. The zero-order chi connectivity index (χ0) is 21.0. The normalized spacial score (nSPS) is 29.2. The van der Waals surface area contributed by atoms with E-state index in [1.807, 2.05) is 15.7 Å². The zero-order valence-corrected chi connectivity index (χ0v) is 19.0. The van der Waals surface area contributed by atoms with Gasteiger partial charge in [-0.05, 0) is 74.5 Å². The molecular formula is C23H36N4O2S. The van der Waals surface area contributed by atoms with Gasteiger partial charge < -0.3 is 14.8 Å². The van der Waals surface area contributed by atoms with E-state index in [4.69, 9.17) is 0 Å². The van der Waals surface area contributed by atoms with Crippen LogP contribution in [0.5, 0.6) is 0 Å². The Bertz CT molecular complexity index is 686. The van der Waals surface area contributed by atoms with Crippen LogP contribution in [-0.4, -0.2) is 51.0 Å². The molecule has 30 heavy (non-hydrogen) atoms. The van der Waals surface area contributed by atoms with E-state index in [1.54, 1.807) is 19.4 Å². The topological polar surface area (TPSA) is 67.2 Å². The Labute approximate surface area is 184 Å². The molecule has 1 aromatic heterocycles. The van der Waals surface area contributed by atoms with Crippen molar-refractivity contribution in [2.45, 2.75) is 64.8 Å². The van der Waals surface area contributed by atoms with Gasteiger partial charge in [0.15, 0.2) is 5.12 Å². The van der Waals surface area contributed by atoms with Gasteiger partial charge in [-0.25, -0.2) is 9.78 Å². The van der Waals surface area contributed by atoms with Crippen LogP contribution in [0.3, 0.4) is 0 Å². The first-order chi connectivity index (χ1) is 14.5. The second-order valence-electron chi connectivity index (χ2n) is 9.88. The molecule has 0 atom stereocenters. The van der Waals surface area contributed by atoms with E-state index in [0.717, 1.165) is 43.7 Å². The minimum Gasteiger partial charge on any atom is -0.338 e. The number of imidazole rings is 1. The summed E-state index contributed by atoms with van der Waals surface area (Å²) in [6, 6.07) is 0.0227. The summed E-state index contributed by atoms with van der Waals surface area (Å²) >= 11 is 1.32. The van der Waals surface area contributed by atoms with E-state index in [1.165, 1.54) is 50.3 Å². The lowest BCUT2D eigenvalue weighted by Crippen LogP contribution is -2.49. The number of thioether (sulfide) groups is 1. The van der Waals surface area contributed by atoms with Gasteiger partial charge in [-0.1, -0.05) is 11.8 Å². The van der Waals surface area contributed by atoms with Crippen molar-refractivity contribution in [3.05, 3.63) is 18.7 Å². The predicted molar refractivity (Wildman–Crippen MR) is 120 cm³/mol. The highest BCUT2D eigenvalue weighted by atomic mass is 32.2. The van der Waals surface area contributed by atoms with Crippen molar-refractivity contribution in [3.8, 4) is 0 Å². The molecule has 1 N–H and O–H groups in total. The minimum absolute atomic E-state index is 0.0227. The Morgan fingerprint density at radius 1 is 1.17 bits per heavy atom. The third-order valence-corrected chi connectivity index (χ3v) is 8.25. The van der Waals surface area contributed by atoms with Crippen LogP contribution in [0.15, 0.2) is 18.7 Å². The number of amides is 2. The summed E-state index contributed by atoms with van der Waals surface area (Å²) in [5.74, 6) is 3.50. The van der Waals surface area contributed by atoms with Crippen molar-refractivity contribution in [3.63, 3.8) is 0 Å². The van der Waals surface area contributed by atoms with Gasteiger partial charge in [0.1, 0.15) is 0 Å². The van der Waals surface area contributed by atoms with Crippen molar-refractivity contribution in [2.75, 3.05) is 25.4 Å². The summed E-state index contributed by atoms with van der Waals surface area (Å²) in [4.78, 5) is 30.3. The smallest absolute Gasteiger partial charge is 0.317 e. The summed E-state index contributed by atoms with van der Waals surface area (Å²) in [6.45, 7) is 4.57. The van der Waals surface area contributed by atoms with Gasteiger partial charge in [-0.15, -0.1) is 0 Å². The molecule has 0 aromatic carbocycles. The molecular weight excluding hydrogens is 396 g/mol. The molecule has 4 saturated carbocycles. The van der Waals surface area contributed by atoms with Gasteiger partial charge >= 0.3 is 6.03 Å². The number of carbonyl (C=O) groups excluding carboxylic acids is 2. The second-order valence-corrected chi connectivity index (χ2v) is 11.2. The number of rotatable bonds is 10. The van der Waals surface area contributed by atoms with Crippen molar-refractivity contribution in [1.82, 2.24) is 19.8 Å². The van der Waals surface area contributed by atoms with Gasteiger partial charge in [0.25, 0.3) is 0 Å². The second kappa shape index (κ2) is 9.75. The standard InChI is InChI=1S/C23H36N4O2S/c1-18(28)30-10-9-27(22(29)25-4-2-6-26-8-5-24-17-26)7-3-23-14-19-11-20(15-23)13-21(12-19)16-23/h5,8,17,19-21H,2-4,6-7,9-16H2,1H3,(H,25,29). The number of carbonyl (C=O) groups is 2. The van der Waals surface area contributed by atoms with Crippen LogP contribution < -0.4 is 5.32 Å². The number of nitrogens with one attached hydrogen (secondary N) is 1. The van der Waals surface area contributed by atoms with Gasteiger partial charge in [-0.2, -0.15) is 0 Å². The van der Waals surface area contributed by atoms with Crippen molar-refractivity contribution < 1.29 is 9.59 Å². The summed E-state index contributed by atoms with van der Waals surface area (Å²) < 4.78 is 2.03. The Hall–Kier alpha value is -1.50. The lowest BCUT2D eigenvalue weighted by atomic mass is 9.49. The molecule has 1 aromatic rings. The molecule has 4 aliphatic rings. The van der Waals surface area contributed by atoms with Gasteiger partial charge in [-0.3, -0.25) is 4.79 Å². The van der Waals surface area contributed by atoms with Crippen LogP contribution >= 0.6 is 11.8 Å². The average molecular weight is 433 g/mol. The number of urea groups is 1. The maximum atomic E-state index is 12.9. The third kappa shape index (κ3) is 5.59. The SMILES string of the molecule is CC(=O)SCCN(CCC12CC3CC(CC(C3)C1)C2)C(=O)NCCCn1ccnc1. The van der Waals surface area contributed by atoms with Crippen molar-refractivity contribution in [2.24, 2.45) is 23.2 Å². The van der Waals surface area contributed by atoms with Crippen LogP contribution in [0.25, 0.3) is 0 Å². The predicted octanol–water partition coefficient (Wildman–Crippen LogP) is 4.17.